The Hall–Kier alpha value is -1.74. The van der Waals surface area contributed by atoms with Crippen molar-refractivity contribution < 1.29 is 9.13 Å². The normalized spacial score (nSPS) is 12.3. The Morgan fingerprint density at radius 3 is 2.56 bits per heavy atom. The third-order valence-corrected chi connectivity index (χ3v) is 2.59. The van der Waals surface area contributed by atoms with Crippen LogP contribution >= 0.6 is 0 Å². The summed E-state index contributed by atoms with van der Waals surface area (Å²) in [5.41, 5.74) is 1.87. The second-order valence-electron chi connectivity index (χ2n) is 3.94. The molecule has 3 heteroatoms. The molecule has 1 aromatic heterocycles. The van der Waals surface area contributed by atoms with E-state index in [1.165, 1.54) is 12.1 Å². The number of hydrogen-bond acceptors (Lipinski definition) is 2. The lowest BCUT2D eigenvalue weighted by Gasteiger charge is -2.18. The highest BCUT2D eigenvalue weighted by atomic mass is 19.1. The Morgan fingerprint density at radius 1 is 1.17 bits per heavy atom. The lowest BCUT2D eigenvalue weighted by atomic mass is 10.0. The van der Waals surface area contributed by atoms with Crippen LogP contribution in [0, 0.1) is 12.7 Å². The number of nitrogens with zero attached hydrogens (tertiary/aromatic N) is 1. The highest BCUT2D eigenvalue weighted by Crippen LogP contribution is 2.25. The third kappa shape index (κ3) is 3.14. The van der Waals surface area contributed by atoms with Crippen molar-refractivity contribution in [1.29, 1.82) is 0 Å². The molecular formula is C15H15FNO. The summed E-state index contributed by atoms with van der Waals surface area (Å²) in [6, 6.07) is 10.1. The van der Waals surface area contributed by atoms with Gasteiger partial charge >= 0.3 is 0 Å². The lowest BCUT2D eigenvalue weighted by molar-refractivity contribution is 0.0833. The highest BCUT2D eigenvalue weighted by Gasteiger charge is 2.14. The maximum absolute atomic E-state index is 12.9. The minimum absolute atomic E-state index is 0.221. The van der Waals surface area contributed by atoms with Crippen LogP contribution in [0.1, 0.15) is 23.7 Å². The Labute approximate surface area is 106 Å². The van der Waals surface area contributed by atoms with Crippen molar-refractivity contribution in [3.8, 4) is 0 Å². The maximum Gasteiger partial charge on any atom is 0.123 e. The van der Waals surface area contributed by atoms with E-state index in [4.69, 9.17) is 4.74 Å². The average Bonchev–Trinajstić information content (AvgIpc) is 2.42. The number of halogens is 1. The zero-order valence-corrected chi connectivity index (χ0v) is 10.1. The van der Waals surface area contributed by atoms with Crippen molar-refractivity contribution in [2.45, 2.75) is 12.5 Å². The van der Waals surface area contributed by atoms with E-state index in [0.29, 0.717) is 13.0 Å². The topological polar surface area (TPSA) is 22.1 Å². The number of pyridine rings is 1. The molecule has 1 radical (unpaired) electrons. The van der Waals surface area contributed by atoms with Gasteiger partial charge < -0.3 is 4.74 Å². The molecule has 0 saturated carbocycles. The average molecular weight is 244 g/mol. The Bertz CT molecular complexity index is 470. The molecule has 1 aromatic carbocycles. The molecule has 18 heavy (non-hydrogen) atoms. The van der Waals surface area contributed by atoms with Crippen LogP contribution in [0.15, 0.2) is 48.8 Å². The van der Waals surface area contributed by atoms with Crippen LogP contribution in [-0.4, -0.2) is 11.6 Å². The summed E-state index contributed by atoms with van der Waals surface area (Å²) in [7, 11) is 0. The van der Waals surface area contributed by atoms with Crippen molar-refractivity contribution in [1.82, 2.24) is 4.98 Å². The lowest BCUT2D eigenvalue weighted by Crippen LogP contribution is -2.07. The van der Waals surface area contributed by atoms with Gasteiger partial charge in [0.1, 0.15) is 11.9 Å². The molecule has 0 N–H and O–H groups in total. The van der Waals surface area contributed by atoms with E-state index < -0.39 is 0 Å². The second kappa shape index (κ2) is 6.26. The van der Waals surface area contributed by atoms with E-state index >= 15 is 0 Å². The van der Waals surface area contributed by atoms with E-state index in [-0.39, 0.29) is 11.9 Å². The van der Waals surface area contributed by atoms with Crippen molar-refractivity contribution in [2.75, 3.05) is 6.61 Å². The monoisotopic (exact) mass is 244 g/mol. The summed E-state index contributed by atoms with van der Waals surface area (Å²) in [5.74, 6) is -0.249. The third-order valence-electron chi connectivity index (χ3n) is 2.59. The molecule has 2 rings (SSSR count). The van der Waals surface area contributed by atoms with Crippen molar-refractivity contribution >= 4 is 0 Å². The van der Waals surface area contributed by atoms with Crippen LogP contribution < -0.4 is 0 Å². The first-order valence-electron chi connectivity index (χ1n) is 5.87. The first-order valence-corrected chi connectivity index (χ1v) is 5.87. The van der Waals surface area contributed by atoms with Crippen LogP contribution in [0.3, 0.4) is 0 Å². The zero-order chi connectivity index (χ0) is 12.8. The van der Waals surface area contributed by atoms with Crippen molar-refractivity contribution in [3.63, 3.8) is 0 Å². The molecule has 0 fully saturated rings. The van der Waals surface area contributed by atoms with Crippen LogP contribution in [0.25, 0.3) is 0 Å². The fraction of sp³-hybridized carbons (Fsp3) is 0.200. The molecule has 0 amide bonds. The summed E-state index contributed by atoms with van der Waals surface area (Å²) in [6.07, 6.45) is 3.95. The first kappa shape index (κ1) is 12.7. The van der Waals surface area contributed by atoms with E-state index in [2.05, 4.69) is 11.9 Å². The van der Waals surface area contributed by atoms with E-state index in [1.54, 1.807) is 24.5 Å². The number of aromatic nitrogens is 1. The van der Waals surface area contributed by atoms with Crippen molar-refractivity contribution in [3.05, 3.63) is 72.7 Å². The van der Waals surface area contributed by atoms with Gasteiger partial charge in [0.25, 0.3) is 0 Å². The molecule has 0 bridgehead atoms. The van der Waals surface area contributed by atoms with Gasteiger partial charge in [-0.05, 0) is 30.2 Å². The Balaban J connectivity index is 2.27. The molecule has 1 unspecified atom stereocenters. The molecular weight excluding hydrogens is 229 g/mol. The van der Waals surface area contributed by atoms with Crippen LogP contribution in [0.5, 0.6) is 0 Å². The molecule has 2 nitrogen and oxygen atoms in total. The van der Waals surface area contributed by atoms with Crippen LogP contribution in [0.4, 0.5) is 4.39 Å². The molecule has 2 aromatic rings. The van der Waals surface area contributed by atoms with Gasteiger partial charge in [0, 0.05) is 24.6 Å². The first-order chi connectivity index (χ1) is 8.81. The van der Waals surface area contributed by atoms with Gasteiger partial charge in [-0.1, -0.05) is 25.1 Å². The minimum atomic E-state index is -0.249. The highest BCUT2D eigenvalue weighted by molar-refractivity contribution is 5.28. The van der Waals surface area contributed by atoms with Crippen molar-refractivity contribution in [2.24, 2.45) is 0 Å². The summed E-state index contributed by atoms with van der Waals surface area (Å²) in [4.78, 5) is 4.09. The quantitative estimate of drug-likeness (QED) is 0.802. The van der Waals surface area contributed by atoms with Gasteiger partial charge in [-0.15, -0.1) is 0 Å². The molecule has 0 aliphatic heterocycles. The SMILES string of the molecule is [CH2]CCOC(c1ccc(F)cc1)c1cccnc1. The van der Waals surface area contributed by atoms with Crippen LogP contribution in [-0.2, 0) is 4.74 Å². The second-order valence-corrected chi connectivity index (χ2v) is 3.94. The number of benzene rings is 1. The fourth-order valence-corrected chi connectivity index (χ4v) is 1.75. The summed E-state index contributed by atoms with van der Waals surface area (Å²) < 4.78 is 18.7. The van der Waals surface area contributed by atoms with Gasteiger partial charge in [0.15, 0.2) is 0 Å². The molecule has 0 spiro atoms. The molecule has 0 aliphatic rings. The van der Waals surface area contributed by atoms with E-state index in [1.807, 2.05) is 12.1 Å². The molecule has 0 aliphatic carbocycles. The summed E-state index contributed by atoms with van der Waals surface area (Å²) >= 11 is 0. The number of rotatable bonds is 5. The minimum Gasteiger partial charge on any atom is -0.369 e. The molecule has 1 atom stereocenters. The van der Waals surface area contributed by atoms with Crippen LogP contribution in [0.2, 0.25) is 0 Å². The van der Waals surface area contributed by atoms with Gasteiger partial charge in [0.2, 0.25) is 0 Å². The van der Waals surface area contributed by atoms with Gasteiger partial charge in [0.05, 0.1) is 0 Å². The predicted molar refractivity (Wildman–Crippen MR) is 68.4 cm³/mol. The van der Waals surface area contributed by atoms with Gasteiger partial charge in [-0.3, -0.25) is 4.98 Å². The zero-order valence-electron chi connectivity index (χ0n) is 10.1. The summed E-state index contributed by atoms with van der Waals surface area (Å²) in [5, 5.41) is 0. The number of hydrogen-bond donors (Lipinski definition) is 0. The largest absolute Gasteiger partial charge is 0.369 e. The molecule has 0 saturated heterocycles. The Morgan fingerprint density at radius 2 is 1.94 bits per heavy atom. The Kier molecular flexibility index (Phi) is 4.42. The standard InChI is InChI=1S/C15H15FNO/c1-2-10-18-15(13-4-3-9-17-11-13)12-5-7-14(16)8-6-12/h3-9,11,15H,1-2,10H2. The molecule has 1 heterocycles. The van der Waals surface area contributed by atoms with E-state index in [9.17, 15) is 4.39 Å². The fourth-order valence-electron chi connectivity index (χ4n) is 1.75. The predicted octanol–water partition coefficient (Wildman–Crippen LogP) is 3.55. The number of ether oxygens (including phenoxy) is 1. The van der Waals surface area contributed by atoms with Gasteiger partial charge in [-0.2, -0.15) is 0 Å². The smallest absolute Gasteiger partial charge is 0.123 e. The maximum atomic E-state index is 12.9. The van der Waals surface area contributed by atoms with Gasteiger partial charge in [-0.25, -0.2) is 4.39 Å². The molecule has 93 valence electrons. The summed E-state index contributed by atoms with van der Waals surface area (Å²) in [6.45, 7) is 4.31. The van der Waals surface area contributed by atoms with E-state index in [0.717, 1.165) is 11.1 Å².